The second kappa shape index (κ2) is 5.17. The summed E-state index contributed by atoms with van der Waals surface area (Å²) < 4.78 is 11.2. The zero-order valence-corrected chi connectivity index (χ0v) is 12.2. The van der Waals surface area contributed by atoms with Gasteiger partial charge in [0.15, 0.2) is 5.79 Å². The number of hydrogen-bond donors (Lipinski definition) is 0. The first-order chi connectivity index (χ1) is 7.73. The second-order valence-electron chi connectivity index (χ2n) is 5.58. The molecular formula is C13H20O3Si. The van der Waals surface area contributed by atoms with Crippen molar-refractivity contribution >= 4 is 14.4 Å². The van der Waals surface area contributed by atoms with Crippen molar-refractivity contribution in [2.45, 2.75) is 45.4 Å². The lowest BCUT2D eigenvalue weighted by molar-refractivity contribution is -0.134. The number of aldehydes is 1. The van der Waals surface area contributed by atoms with E-state index in [0.29, 0.717) is 12.2 Å². The molecule has 94 valence electrons. The van der Waals surface area contributed by atoms with E-state index in [1.165, 1.54) is 6.08 Å². The van der Waals surface area contributed by atoms with E-state index in [4.69, 9.17) is 9.47 Å². The van der Waals surface area contributed by atoms with Crippen molar-refractivity contribution < 1.29 is 14.3 Å². The van der Waals surface area contributed by atoms with Crippen LogP contribution in [0.3, 0.4) is 0 Å². The molecule has 0 aromatic carbocycles. The predicted octanol–water partition coefficient (Wildman–Crippen LogP) is 2.14. The topological polar surface area (TPSA) is 35.5 Å². The van der Waals surface area contributed by atoms with Crippen molar-refractivity contribution in [1.82, 2.24) is 0 Å². The third-order valence-electron chi connectivity index (χ3n) is 2.18. The number of rotatable bonds is 2. The molecule has 0 radical (unpaired) electrons. The predicted molar refractivity (Wildman–Crippen MR) is 70.2 cm³/mol. The first kappa shape index (κ1) is 14.2. The smallest absolute Gasteiger partial charge is 0.163 e. The summed E-state index contributed by atoms with van der Waals surface area (Å²) in [7, 11) is -1.45. The standard InChI is InChI=1S/C13H20O3Si/c1-13(2)15-10-12(16-13)11(6-8-14)7-9-17(3,4)5/h6,8,12H,10H2,1-5H3/b11-6+/t12-/m1/s1. The van der Waals surface area contributed by atoms with Gasteiger partial charge in [0.05, 0.1) is 6.61 Å². The van der Waals surface area contributed by atoms with Gasteiger partial charge in [0, 0.05) is 5.57 Å². The highest BCUT2D eigenvalue weighted by atomic mass is 28.3. The van der Waals surface area contributed by atoms with Crippen LogP contribution < -0.4 is 0 Å². The molecule has 1 fully saturated rings. The van der Waals surface area contributed by atoms with Gasteiger partial charge < -0.3 is 9.47 Å². The second-order valence-corrected chi connectivity index (χ2v) is 10.3. The van der Waals surface area contributed by atoms with Gasteiger partial charge in [-0.1, -0.05) is 25.6 Å². The molecule has 0 aliphatic carbocycles. The van der Waals surface area contributed by atoms with Crippen LogP contribution in [-0.2, 0) is 14.3 Å². The van der Waals surface area contributed by atoms with Gasteiger partial charge in [-0.15, -0.1) is 5.54 Å². The Kier molecular flexibility index (Phi) is 4.31. The third-order valence-corrected chi connectivity index (χ3v) is 3.06. The summed E-state index contributed by atoms with van der Waals surface area (Å²) in [6.45, 7) is 10.7. The van der Waals surface area contributed by atoms with E-state index < -0.39 is 13.9 Å². The molecule has 1 saturated heterocycles. The Bertz CT molecular complexity index is 380. The van der Waals surface area contributed by atoms with Gasteiger partial charge >= 0.3 is 0 Å². The molecule has 0 spiro atoms. The Morgan fingerprint density at radius 3 is 2.47 bits per heavy atom. The fourth-order valence-electron chi connectivity index (χ4n) is 1.40. The van der Waals surface area contributed by atoms with Gasteiger partial charge in [-0.25, -0.2) is 0 Å². The summed E-state index contributed by atoms with van der Waals surface area (Å²) in [5, 5.41) is 0. The van der Waals surface area contributed by atoms with E-state index in [0.717, 1.165) is 6.29 Å². The highest BCUT2D eigenvalue weighted by Crippen LogP contribution is 2.26. The number of carbonyl (C=O) groups is 1. The lowest BCUT2D eigenvalue weighted by Gasteiger charge is -2.17. The number of allylic oxidation sites excluding steroid dienone is 1. The van der Waals surface area contributed by atoms with E-state index in [1.807, 2.05) is 13.8 Å². The summed E-state index contributed by atoms with van der Waals surface area (Å²) in [6.07, 6.45) is 2.00. The molecule has 0 amide bonds. The molecular weight excluding hydrogens is 232 g/mol. The van der Waals surface area contributed by atoms with E-state index in [9.17, 15) is 4.79 Å². The summed E-state index contributed by atoms with van der Waals surface area (Å²) in [5.41, 5.74) is 3.95. The quantitative estimate of drug-likeness (QED) is 0.327. The van der Waals surface area contributed by atoms with Gasteiger partial charge in [0.25, 0.3) is 0 Å². The number of hydrogen-bond acceptors (Lipinski definition) is 3. The Morgan fingerprint density at radius 1 is 1.41 bits per heavy atom. The Labute approximate surface area is 104 Å². The molecule has 1 rings (SSSR count). The van der Waals surface area contributed by atoms with Crippen LogP contribution in [-0.4, -0.2) is 32.9 Å². The lowest BCUT2D eigenvalue weighted by atomic mass is 10.1. The van der Waals surface area contributed by atoms with Crippen LogP contribution in [0.4, 0.5) is 0 Å². The maximum atomic E-state index is 10.6. The van der Waals surface area contributed by atoms with Gasteiger partial charge in [0.1, 0.15) is 20.5 Å². The lowest BCUT2D eigenvalue weighted by Crippen LogP contribution is -2.22. The molecule has 1 aliphatic rings. The zero-order chi connectivity index (χ0) is 13.1. The van der Waals surface area contributed by atoms with Gasteiger partial charge in [-0.05, 0) is 19.9 Å². The minimum absolute atomic E-state index is 0.223. The molecule has 0 bridgehead atoms. The molecule has 0 aromatic rings. The van der Waals surface area contributed by atoms with Gasteiger partial charge in [-0.2, -0.15) is 0 Å². The molecule has 0 N–H and O–H groups in total. The number of ether oxygens (including phenoxy) is 2. The molecule has 17 heavy (non-hydrogen) atoms. The molecule has 1 atom stereocenters. The normalized spacial score (nSPS) is 24.1. The van der Waals surface area contributed by atoms with Crippen LogP contribution in [0.25, 0.3) is 0 Å². The third kappa shape index (κ3) is 4.86. The first-order valence-corrected chi connectivity index (χ1v) is 9.24. The van der Waals surface area contributed by atoms with E-state index >= 15 is 0 Å². The van der Waals surface area contributed by atoms with Crippen LogP contribution in [0.15, 0.2) is 11.6 Å². The van der Waals surface area contributed by atoms with Crippen molar-refractivity contribution in [2.24, 2.45) is 0 Å². The van der Waals surface area contributed by atoms with Crippen LogP contribution in [0, 0.1) is 11.5 Å². The molecule has 0 unspecified atom stereocenters. The monoisotopic (exact) mass is 252 g/mol. The van der Waals surface area contributed by atoms with Crippen molar-refractivity contribution in [3.8, 4) is 11.5 Å². The molecule has 0 aromatic heterocycles. The summed E-state index contributed by atoms with van der Waals surface area (Å²) in [5.74, 6) is 2.49. The minimum Gasteiger partial charge on any atom is -0.347 e. The highest BCUT2D eigenvalue weighted by Gasteiger charge is 2.34. The van der Waals surface area contributed by atoms with Gasteiger partial charge in [0.2, 0.25) is 0 Å². The maximum Gasteiger partial charge on any atom is 0.163 e. The van der Waals surface area contributed by atoms with Crippen LogP contribution >= 0.6 is 0 Å². The molecule has 0 saturated carbocycles. The van der Waals surface area contributed by atoms with Crippen molar-refractivity contribution in [3.05, 3.63) is 11.6 Å². The zero-order valence-electron chi connectivity index (χ0n) is 11.2. The Hall–Kier alpha value is -0.893. The summed E-state index contributed by atoms with van der Waals surface area (Å²) in [4.78, 5) is 10.6. The first-order valence-electron chi connectivity index (χ1n) is 5.74. The van der Waals surface area contributed by atoms with E-state index in [-0.39, 0.29) is 6.10 Å². The van der Waals surface area contributed by atoms with Crippen LogP contribution in [0.2, 0.25) is 19.6 Å². The summed E-state index contributed by atoms with van der Waals surface area (Å²) in [6, 6.07) is 0. The van der Waals surface area contributed by atoms with Crippen molar-refractivity contribution in [3.63, 3.8) is 0 Å². The Morgan fingerprint density at radius 2 is 2.06 bits per heavy atom. The van der Waals surface area contributed by atoms with E-state index in [1.54, 1.807) is 0 Å². The minimum atomic E-state index is -1.45. The average Bonchev–Trinajstić information content (AvgIpc) is 2.52. The SMILES string of the molecule is CC1(C)OC[C@H](/C(C#C[Si](C)(C)C)=C/C=O)O1. The highest BCUT2D eigenvalue weighted by molar-refractivity contribution is 6.83. The summed E-state index contributed by atoms with van der Waals surface area (Å²) >= 11 is 0. The van der Waals surface area contributed by atoms with Crippen molar-refractivity contribution in [2.75, 3.05) is 6.61 Å². The molecule has 3 nitrogen and oxygen atoms in total. The van der Waals surface area contributed by atoms with E-state index in [2.05, 4.69) is 31.1 Å². The fourth-order valence-corrected chi connectivity index (χ4v) is 1.92. The van der Waals surface area contributed by atoms with Crippen LogP contribution in [0.5, 0.6) is 0 Å². The number of carbonyl (C=O) groups excluding carboxylic acids is 1. The maximum absolute atomic E-state index is 10.6. The Balaban J connectivity index is 2.85. The average molecular weight is 252 g/mol. The van der Waals surface area contributed by atoms with Crippen molar-refractivity contribution in [1.29, 1.82) is 0 Å². The molecule has 1 aliphatic heterocycles. The van der Waals surface area contributed by atoms with Crippen LogP contribution in [0.1, 0.15) is 13.8 Å². The molecule has 4 heteroatoms. The fraction of sp³-hybridized carbons (Fsp3) is 0.615. The molecule has 1 heterocycles. The van der Waals surface area contributed by atoms with Gasteiger partial charge in [-0.3, -0.25) is 4.79 Å². The largest absolute Gasteiger partial charge is 0.347 e.